The van der Waals surface area contributed by atoms with E-state index in [-0.39, 0.29) is 12.0 Å². The summed E-state index contributed by atoms with van der Waals surface area (Å²) in [5.74, 6) is 6.36. The van der Waals surface area contributed by atoms with Crippen molar-refractivity contribution in [1.29, 1.82) is 0 Å². The van der Waals surface area contributed by atoms with Gasteiger partial charge in [0.15, 0.2) is 0 Å². The van der Waals surface area contributed by atoms with Gasteiger partial charge in [-0.15, -0.1) is 0 Å². The van der Waals surface area contributed by atoms with Gasteiger partial charge in [0.05, 0.1) is 12.6 Å². The summed E-state index contributed by atoms with van der Waals surface area (Å²) in [6, 6.07) is 0.108. The van der Waals surface area contributed by atoms with Crippen LogP contribution in [0.2, 0.25) is 0 Å². The van der Waals surface area contributed by atoms with E-state index in [4.69, 9.17) is 10.6 Å². The average Bonchev–Trinajstić information content (AvgIpc) is 3.01. The molecule has 1 atom stereocenters. The molecule has 0 aliphatic rings. The third kappa shape index (κ3) is 4.07. The Morgan fingerprint density at radius 2 is 2.14 bits per heavy atom. The summed E-state index contributed by atoms with van der Waals surface area (Å²) in [5, 5.41) is 7.20. The molecule has 1 unspecified atom stereocenters. The van der Waals surface area contributed by atoms with E-state index >= 15 is 0 Å². The number of methoxy groups -OCH3 is 1. The molecule has 0 amide bonds. The van der Waals surface area contributed by atoms with Crippen molar-refractivity contribution in [3.05, 3.63) is 12.7 Å². The van der Waals surface area contributed by atoms with Crippen molar-refractivity contribution in [1.82, 2.24) is 29.7 Å². The molecule has 10 heteroatoms. The lowest BCUT2D eigenvalue weighted by atomic mass is 10.2. The number of aromatic nitrogens is 6. The molecule has 2 aromatic rings. The number of hydrazine groups is 1. The predicted molar refractivity (Wildman–Crippen MR) is 76.7 cm³/mol. The van der Waals surface area contributed by atoms with Gasteiger partial charge in [-0.3, -0.25) is 5.43 Å². The summed E-state index contributed by atoms with van der Waals surface area (Å²) in [5.41, 5.74) is 2.41. The number of nitrogen functional groups attached to an aromatic ring is 1. The van der Waals surface area contributed by atoms with Gasteiger partial charge in [0.1, 0.15) is 12.7 Å². The van der Waals surface area contributed by atoms with Crippen molar-refractivity contribution in [2.75, 3.05) is 24.5 Å². The molecule has 0 bridgehead atoms. The molecule has 0 saturated heterocycles. The molecule has 0 radical (unpaired) electrons. The fourth-order valence-electron chi connectivity index (χ4n) is 1.84. The zero-order valence-corrected chi connectivity index (χ0v) is 12.0. The molecule has 2 aromatic heterocycles. The second-order valence-electron chi connectivity index (χ2n) is 4.35. The maximum Gasteiger partial charge on any atom is 0.258 e. The molecule has 2 heterocycles. The van der Waals surface area contributed by atoms with Gasteiger partial charge in [0, 0.05) is 7.11 Å². The number of hydrogen-bond donors (Lipinski definition) is 3. The molecule has 0 spiro atoms. The number of rotatable bonds is 8. The summed E-state index contributed by atoms with van der Waals surface area (Å²) in [7, 11) is 1.66. The van der Waals surface area contributed by atoms with Crippen molar-refractivity contribution in [3.63, 3.8) is 0 Å². The Morgan fingerprint density at radius 3 is 2.76 bits per heavy atom. The van der Waals surface area contributed by atoms with E-state index in [1.54, 1.807) is 7.11 Å². The molecular formula is C11H19N9O. The lowest BCUT2D eigenvalue weighted by Gasteiger charge is -2.17. The predicted octanol–water partition coefficient (Wildman–Crippen LogP) is -0.0351. The highest BCUT2D eigenvalue weighted by atomic mass is 16.5. The van der Waals surface area contributed by atoms with Crippen molar-refractivity contribution < 1.29 is 4.74 Å². The summed E-state index contributed by atoms with van der Waals surface area (Å²) in [6.07, 6.45) is 4.85. The van der Waals surface area contributed by atoms with Gasteiger partial charge >= 0.3 is 0 Å². The summed E-state index contributed by atoms with van der Waals surface area (Å²) >= 11 is 0. The van der Waals surface area contributed by atoms with Gasteiger partial charge < -0.3 is 10.1 Å². The van der Waals surface area contributed by atoms with Crippen LogP contribution in [0.3, 0.4) is 0 Å². The van der Waals surface area contributed by atoms with Crippen LogP contribution in [0.1, 0.15) is 19.8 Å². The van der Waals surface area contributed by atoms with Crippen LogP contribution in [0.25, 0.3) is 5.95 Å². The Balaban J connectivity index is 2.23. The van der Waals surface area contributed by atoms with Gasteiger partial charge in [-0.1, -0.05) is 13.3 Å². The molecule has 21 heavy (non-hydrogen) atoms. The maximum absolute atomic E-state index is 5.39. The number of ether oxygens (including phenoxy) is 1. The average molecular weight is 293 g/mol. The molecule has 0 aliphatic carbocycles. The number of nitrogens with zero attached hydrogens (tertiary/aromatic N) is 6. The van der Waals surface area contributed by atoms with Crippen LogP contribution in [0, 0.1) is 0 Å². The highest BCUT2D eigenvalue weighted by molar-refractivity contribution is 5.37. The number of nitrogens with two attached hydrogens (primary N) is 1. The second kappa shape index (κ2) is 7.45. The highest BCUT2D eigenvalue weighted by Gasteiger charge is 2.12. The molecular weight excluding hydrogens is 274 g/mol. The first kappa shape index (κ1) is 15.1. The lowest BCUT2D eigenvalue weighted by molar-refractivity contribution is 0.182. The largest absolute Gasteiger partial charge is 0.383 e. The molecule has 4 N–H and O–H groups in total. The van der Waals surface area contributed by atoms with Crippen molar-refractivity contribution in [2.24, 2.45) is 5.84 Å². The third-order valence-electron chi connectivity index (χ3n) is 2.71. The third-order valence-corrected chi connectivity index (χ3v) is 2.71. The second-order valence-corrected chi connectivity index (χ2v) is 4.35. The minimum absolute atomic E-state index is 0.108. The van der Waals surface area contributed by atoms with Crippen LogP contribution in [0.5, 0.6) is 0 Å². The molecule has 0 aromatic carbocycles. The van der Waals surface area contributed by atoms with Gasteiger partial charge in [-0.2, -0.15) is 24.7 Å². The molecule has 0 saturated carbocycles. The highest BCUT2D eigenvalue weighted by Crippen LogP contribution is 2.10. The molecule has 2 rings (SSSR count). The summed E-state index contributed by atoms with van der Waals surface area (Å²) in [6.45, 7) is 2.66. The van der Waals surface area contributed by atoms with E-state index in [2.05, 4.69) is 42.7 Å². The van der Waals surface area contributed by atoms with Crippen LogP contribution in [0.15, 0.2) is 12.7 Å². The summed E-state index contributed by atoms with van der Waals surface area (Å²) < 4.78 is 6.62. The van der Waals surface area contributed by atoms with Gasteiger partial charge in [-0.05, 0) is 6.42 Å². The van der Waals surface area contributed by atoms with Crippen LogP contribution < -0.4 is 16.6 Å². The van der Waals surface area contributed by atoms with E-state index in [0.717, 1.165) is 12.8 Å². The Labute approximate surface area is 122 Å². The Bertz CT molecular complexity index is 539. The molecule has 10 nitrogen and oxygen atoms in total. The molecule has 0 aliphatic heterocycles. The Morgan fingerprint density at radius 1 is 1.33 bits per heavy atom. The first-order chi connectivity index (χ1) is 10.3. The zero-order valence-electron chi connectivity index (χ0n) is 12.0. The van der Waals surface area contributed by atoms with Crippen LogP contribution in [-0.2, 0) is 4.74 Å². The Kier molecular flexibility index (Phi) is 5.35. The standard InChI is InChI=1S/C11H19N9O/c1-3-4-8(5-21-2)15-9-16-10(19-12)18-11(17-9)20-7-13-6-14-20/h6-8H,3-5,12H2,1-2H3,(H2,15,16,17,18,19). The summed E-state index contributed by atoms with van der Waals surface area (Å²) in [4.78, 5) is 16.5. The van der Waals surface area contributed by atoms with Crippen LogP contribution >= 0.6 is 0 Å². The first-order valence-corrected chi connectivity index (χ1v) is 6.60. The zero-order chi connectivity index (χ0) is 15.1. The molecule has 114 valence electrons. The van der Waals surface area contributed by atoms with Gasteiger partial charge in [0.2, 0.25) is 11.9 Å². The van der Waals surface area contributed by atoms with Crippen molar-refractivity contribution >= 4 is 11.9 Å². The quantitative estimate of drug-likeness (QED) is 0.453. The topological polar surface area (TPSA) is 129 Å². The SMILES string of the molecule is CCCC(COC)Nc1nc(NN)nc(-n2cncn2)n1. The monoisotopic (exact) mass is 293 g/mol. The fourth-order valence-corrected chi connectivity index (χ4v) is 1.84. The number of anilines is 2. The van der Waals surface area contributed by atoms with E-state index in [0.29, 0.717) is 18.5 Å². The van der Waals surface area contributed by atoms with Gasteiger partial charge in [0.25, 0.3) is 5.95 Å². The fraction of sp³-hybridized carbons (Fsp3) is 0.545. The minimum Gasteiger partial charge on any atom is -0.383 e. The number of nitrogens with one attached hydrogen (secondary N) is 2. The van der Waals surface area contributed by atoms with Crippen molar-refractivity contribution in [3.8, 4) is 5.95 Å². The Hall–Kier alpha value is -2.33. The van der Waals surface area contributed by atoms with E-state index in [9.17, 15) is 0 Å². The first-order valence-electron chi connectivity index (χ1n) is 6.60. The number of hydrogen-bond acceptors (Lipinski definition) is 9. The lowest BCUT2D eigenvalue weighted by Crippen LogP contribution is -2.27. The van der Waals surface area contributed by atoms with Gasteiger partial charge in [-0.25, -0.2) is 10.8 Å². The van der Waals surface area contributed by atoms with E-state index in [1.807, 2.05) is 0 Å². The van der Waals surface area contributed by atoms with Crippen LogP contribution in [-0.4, -0.2) is 49.5 Å². The van der Waals surface area contributed by atoms with E-state index in [1.165, 1.54) is 17.3 Å². The van der Waals surface area contributed by atoms with E-state index < -0.39 is 0 Å². The van der Waals surface area contributed by atoms with Crippen LogP contribution in [0.4, 0.5) is 11.9 Å². The maximum atomic E-state index is 5.39. The smallest absolute Gasteiger partial charge is 0.258 e. The van der Waals surface area contributed by atoms with Crippen molar-refractivity contribution in [2.45, 2.75) is 25.8 Å². The normalized spacial score (nSPS) is 12.1. The molecule has 0 fully saturated rings. The minimum atomic E-state index is 0.108.